The number of nitrogens with one attached hydrogen (secondary N) is 1. The lowest BCUT2D eigenvalue weighted by molar-refractivity contribution is -0.131. The molecule has 0 aliphatic rings. The number of carbonyl (C=O) groups excluding carboxylic acids is 1. The van der Waals surface area contributed by atoms with Gasteiger partial charge in [-0.25, -0.2) is 5.84 Å². The van der Waals surface area contributed by atoms with Crippen LogP contribution < -0.4 is 11.3 Å². The molecule has 0 saturated heterocycles. The smallest absolute Gasteiger partial charge is 0.262 e. The first kappa shape index (κ1) is 9.39. The number of nitrogens with two attached hydrogens (primary N) is 1. The number of ether oxygens (including phenoxy) is 1. The Balaban J connectivity index is 3.68. The lowest BCUT2D eigenvalue weighted by Gasteiger charge is -2.10. The van der Waals surface area contributed by atoms with Crippen molar-refractivity contribution >= 4 is 5.91 Å². The Hall–Kier alpha value is -0.610. The van der Waals surface area contributed by atoms with Gasteiger partial charge in [0.05, 0.1) is 0 Å². The molecule has 0 aromatic heterocycles. The Labute approximate surface area is 60.7 Å². The number of hydrogen-bond acceptors (Lipinski definition) is 3. The predicted octanol–water partition coefficient (Wildman–Crippen LogP) is -0.209. The highest BCUT2D eigenvalue weighted by atomic mass is 16.5. The van der Waals surface area contributed by atoms with Crippen molar-refractivity contribution in [2.24, 2.45) is 5.84 Å². The molecule has 10 heavy (non-hydrogen) atoms. The van der Waals surface area contributed by atoms with E-state index in [1.165, 1.54) is 7.11 Å². The average Bonchev–Trinajstić information content (AvgIpc) is 1.99. The van der Waals surface area contributed by atoms with E-state index >= 15 is 0 Å². The number of amides is 1. The minimum absolute atomic E-state index is 0.260. The molecule has 0 aromatic rings. The van der Waals surface area contributed by atoms with Gasteiger partial charge in [-0.15, -0.1) is 0 Å². The minimum atomic E-state index is -0.394. The van der Waals surface area contributed by atoms with Gasteiger partial charge in [-0.3, -0.25) is 10.2 Å². The van der Waals surface area contributed by atoms with Crippen molar-refractivity contribution in [3.63, 3.8) is 0 Å². The van der Waals surface area contributed by atoms with E-state index in [0.717, 1.165) is 6.42 Å². The van der Waals surface area contributed by atoms with Crippen molar-refractivity contribution in [1.29, 1.82) is 0 Å². The van der Waals surface area contributed by atoms with Gasteiger partial charge >= 0.3 is 0 Å². The molecular formula is C6H14N2O2. The zero-order valence-electron chi connectivity index (χ0n) is 6.39. The molecule has 0 rings (SSSR count). The van der Waals surface area contributed by atoms with Crippen LogP contribution in [-0.2, 0) is 9.53 Å². The van der Waals surface area contributed by atoms with E-state index < -0.39 is 6.10 Å². The number of hydrogen-bond donors (Lipinski definition) is 2. The lowest BCUT2D eigenvalue weighted by atomic mass is 10.2. The molecule has 1 amide bonds. The second-order valence-corrected chi connectivity index (χ2v) is 2.02. The third-order valence-electron chi connectivity index (χ3n) is 1.27. The summed E-state index contributed by atoms with van der Waals surface area (Å²) >= 11 is 0. The first-order valence-corrected chi connectivity index (χ1v) is 3.29. The molecule has 0 fully saturated rings. The highest BCUT2D eigenvalue weighted by Gasteiger charge is 2.13. The summed E-state index contributed by atoms with van der Waals surface area (Å²) in [5.41, 5.74) is 2.04. The number of hydrazine groups is 1. The Morgan fingerprint density at radius 2 is 2.40 bits per heavy atom. The molecule has 0 saturated carbocycles. The zero-order chi connectivity index (χ0) is 7.98. The number of rotatable bonds is 4. The van der Waals surface area contributed by atoms with E-state index in [2.05, 4.69) is 0 Å². The maximum Gasteiger partial charge on any atom is 0.262 e. The molecule has 0 aliphatic heterocycles. The van der Waals surface area contributed by atoms with Crippen molar-refractivity contribution in [2.75, 3.05) is 7.11 Å². The summed E-state index contributed by atoms with van der Waals surface area (Å²) < 4.78 is 4.85. The summed E-state index contributed by atoms with van der Waals surface area (Å²) in [6.45, 7) is 1.98. The van der Waals surface area contributed by atoms with Crippen LogP contribution in [0.3, 0.4) is 0 Å². The molecule has 0 aliphatic carbocycles. The van der Waals surface area contributed by atoms with Gasteiger partial charge in [-0.2, -0.15) is 0 Å². The van der Waals surface area contributed by atoms with Crippen LogP contribution in [0.25, 0.3) is 0 Å². The van der Waals surface area contributed by atoms with Crippen molar-refractivity contribution in [3.8, 4) is 0 Å². The fraction of sp³-hybridized carbons (Fsp3) is 0.833. The molecular weight excluding hydrogens is 132 g/mol. The van der Waals surface area contributed by atoms with Crippen LogP contribution in [0.1, 0.15) is 19.8 Å². The second-order valence-electron chi connectivity index (χ2n) is 2.02. The van der Waals surface area contributed by atoms with Crippen LogP contribution in [0, 0.1) is 0 Å². The van der Waals surface area contributed by atoms with E-state index in [1.807, 2.05) is 12.3 Å². The first-order chi connectivity index (χ1) is 4.76. The van der Waals surface area contributed by atoms with E-state index in [-0.39, 0.29) is 5.91 Å². The van der Waals surface area contributed by atoms with Crippen LogP contribution in [-0.4, -0.2) is 19.1 Å². The SMILES string of the molecule is CCCC(OC)C(=O)NN. The Kier molecular flexibility index (Phi) is 4.88. The van der Waals surface area contributed by atoms with E-state index in [1.54, 1.807) is 0 Å². The van der Waals surface area contributed by atoms with E-state index in [9.17, 15) is 4.79 Å². The summed E-state index contributed by atoms with van der Waals surface area (Å²) in [4.78, 5) is 10.8. The molecule has 0 heterocycles. The maximum atomic E-state index is 10.8. The number of methoxy groups -OCH3 is 1. The topological polar surface area (TPSA) is 64.3 Å². The quantitative estimate of drug-likeness (QED) is 0.328. The van der Waals surface area contributed by atoms with Gasteiger partial charge in [-0.05, 0) is 6.42 Å². The largest absolute Gasteiger partial charge is 0.372 e. The Bertz CT molecular complexity index is 106. The molecule has 1 unspecified atom stereocenters. The van der Waals surface area contributed by atoms with E-state index in [4.69, 9.17) is 10.6 Å². The number of carbonyl (C=O) groups is 1. The lowest BCUT2D eigenvalue weighted by Crippen LogP contribution is -2.39. The standard InChI is InChI=1S/C6H14N2O2/c1-3-4-5(10-2)6(9)8-7/h5H,3-4,7H2,1-2H3,(H,8,9). The molecule has 3 N–H and O–H groups in total. The highest BCUT2D eigenvalue weighted by molar-refractivity contribution is 5.79. The first-order valence-electron chi connectivity index (χ1n) is 3.29. The van der Waals surface area contributed by atoms with Crippen LogP contribution in [0.15, 0.2) is 0 Å². The summed E-state index contributed by atoms with van der Waals surface area (Å²) in [6.07, 6.45) is 1.22. The van der Waals surface area contributed by atoms with Gasteiger partial charge < -0.3 is 4.74 Å². The van der Waals surface area contributed by atoms with Gasteiger partial charge in [0.25, 0.3) is 5.91 Å². The second kappa shape index (κ2) is 5.20. The molecule has 0 aromatic carbocycles. The summed E-state index contributed by atoms with van der Waals surface area (Å²) in [7, 11) is 1.50. The average molecular weight is 146 g/mol. The van der Waals surface area contributed by atoms with Crippen molar-refractivity contribution < 1.29 is 9.53 Å². The highest BCUT2D eigenvalue weighted by Crippen LogP contribution is 1.99. The summed E-state index contributed by atoms with van der Waals surface area (Å²) in [6, 6.07) is 0. The third kappa shape index (κ3) is 2.80. The summed E-state index contributed by atoms with van der Waals surface area (Å²) in [5.74, 6) is 4.64. The summed E-state index contributed by atoms with van der Waals surface area (Å²) in [5, 5.41) is 0. The normalized spacial score (nSPS) is 12.7. The van der Waals surface area contributed by atoms with Gasteiger partial charge in [0.2, 0.25) is 0 Å². The maximum absolute atomic E-state index is 10.8. The van der Waals surface area contributed by atoms with Crippen molar-refractivity contribution in [1.82, 2.24) is 5.43 Å². The monoisotopic (exact) mass is 146 g/mol. The van der Waals surface area contributed by atoms with Gasteiger partial charge in [0, 0.05) is 7.11 Å². The van der Waals surface area contributed by atoms with Crippen molar-refractivity contribution in [3.05, 3.63) is 0 Å². The Morgan fingerprint density at radius 3 is 2.70 bits per heavy atom. The van der Waals surface area contributed by atoms with Crippen LogP contribution in [0.4, 0.5) is 0 Å². The van der Waals surface area contributed by atoms with Gasteiger partial charge in [0.1, 0.15) is 6.10 Å². The van der Waals surface area contributed by atoms with Crippen LogP contribution in [0.5, 0.6) is 0 Å². The fourth-order valence-electron chi connectivity index (χ4n) is 0.711. The molecule has 0 radical (unpaired) electrons. The van der Waals surface area contributed by atoms with Gasteiger partial charge in [0.15, 0.2) is 0 Å². The predicted molar refractivity (Wildman–Crippen MR) is 38.0 cm³/mol. The Morgan fingerprint density at radius 1 is 1.80 bits per heavy atom. The van der Waals surface area contributed by atoms with E-state index in [0.29, 0.717) is 6.42 Å². The van der Waals surface area contributed by atoms with Crippen molar-refractivity contribution in [2.45, 2.75) is 25.9 Å². The molecule has 60 valence electrons. The molecule has 0 bridgehead atoms. The molecule has 1 atom stereocenters. The molecule has 0 spiro atoms. The molecule has 4 heteroatoms. The van der Waals surface area contributed by atoms with Crippen LogP contribution >= 0.6 is 0 Å². The minimum Gasteiger partial charge on any atom is -0.372 e. The molecule has 4 nitrogen and oxygen atoms in total. The fourth-order valence-corrected chi connectivity index (χ4v) is 0.711. The zero-order valence-corrected chi connectivity index (χ0v) is 6.39. The van der Waals surface area contributed by atoms with Gasteiger partial charge in [-0.1, -0.05) is 13.3 Å². The third-order valence-corrected chi connectivity index (χ3v) is 1.27. The van der Waals surface area contributed by atoms with Crippen LogP contribution in [0.2, 0.25) is 0 Å².